The highest BCUT2D eigenvalue weighted by molar-refractivity contribution is 7.98. The molecular weight excluding hydrogens is 312 g/mol. The fourth-order valence-corrected chi connectivity index (χ4v) is 3.35. The monoisotopic (exact) mass is 330 g/mol. The lowest BCUT2D eigenvalue weighted by Crippen LogP contribution is -2.40. The Morgan fingerprint density at radius 1 is 1.48 bits per heavy atom. The number of nitrogens with zero attached hydrogens (tertiary/aromatic N) is 3. The number of hydrogen-bond acceptors (Lipinski definition) is 5. The van der Waals surface area contributed by atoms with Crippen molar-refractivity contribution in [2.75, 3.05) is 6.26 Å². The Morgan fingerprint density at radius 2 is 2.30 bits per heavy atom. The molecule has 1 aliphatic rings. The quantitative estimate of drug-likeness (QED) is 0.855. The molecule has 0 saturated heterocycles. The predicted octanol–water partition coefficient (Wildman–Crippen LogP) is 1.18. The fraction of sp³-hybridized carbons (Fsp3) is 0.375. The van der Waals surface area contributed by atoms with Crippen molar-refractivity contribution in [2.45, 2.75) is 30.3 Å². The first-order valence-electron chi connectivity index (χ1n) is 7.44. The summed E-state index contributed by atoms with van der Waals surface area (Å²) in [6.45, 7) is 0. The van der Waals surface area contributed by atoms with Crippen molar-refractivity contribution in [3.63, 3.8) is 0 Å². The number of aromatic nitrogens is 3. The molecule has 0 aromatic carbocycles. The number of pyridine rings is 1. The van der Waals surface area contributed by atoms with Gasteiger partial charge in [0.15, 0.2) is 0 Å². The molecule has 1 atom stereocenters. The molecule has 2 aromatic rings. The van der Waals surface area contributed by atoms with E-state index in [0.717, 1.165) is 29.1 Å². The Morgan fingerprint density at radius 3 is 3.09 bits per heavy atom. The van der Waals surface area contributed by atoms with Gasteiger partial charge in [0, 0.05) is 25.4 Å². The molecule has 0 bridgehead atoms. The van der Waals surface area contributed by atoms with Crippen LogP contribution in [0.25, 0.3) is 0 Å². The van der Waals surface area contributed by atoms with Crippen LogP contribution >= 0.6 is 11.8 Å². The van der Waals surface area contributed by atoms with Crippen LogP contribution in [0.3, 0.4) is 0 Å². The van der Waals surface area contributed by atoms with Gasteiger partial charge in [-0.3, -0.25) is 9.59 Å². The van der Waals surface area contributed by atoms with Gasteiger partial charge >= 0.3 is 0 Å². The first kappa shape index (κ1) is 15.7. The highest BCUT2D eigenvalue weighted by Gasteiger charge is 2.23. The van der Waals surface area contributed by atoms with E-state index in [2.05, 4.69) is 15.4 Å². The minimum absolute atomic E-state index is 0.0128. The zero-order chi connectivity index (χ0) is 16.4. The number of carbonyl (C=O) groups excluding carboxylic acids is 1. The summed E-state index contributed by atoms with van der Waals surface area (Å²) in [7, 11) is 1.66. The van der Waals surface area contributed by atoms with Gasteiger partial charge in [-0.1, -0.05) is 0 Å². The fourth-order valence-electron chi connectivity index (χ4n) is 2.80. The van der Waals surface area contributed by atoms with Crippen LogP contribution in [0.5, 0.6) is 0 Å². The number of amides is 1. The van der Waals surface area contributed by atoms with E-state index < -0.39 is 0 Å². The molecule has 1 N–H and O–H groups in total. The van der Waals surface area contributed by atoms with Crippen molar-refractivity contribution in [2.24, 2.45) is 7.05 Å². The van der Waals surface area contributed by atoms with E-state index >= 15 is 0 Å². The first-order chi connectivity index (χ1) is 11.1. The number of carbonyl (C=O) groups is 1. The summed E-state index contributed by atoms with van der Waals surface area (Å²) in [5, 5.41) is 8.07. The number of fused-ring (bicyclic) bond motifs is 1. The van der Waals surface area contributed by atoms with Gasteiger partial charge in [0.05, 0.1) is 11.3 Å². The molecule has 0 aliphatic heterocycles. The summed E-state index contributed by atoms with van der Waals surface area (Å²) in [5.41, 5.74) is 2.35. The van der Waals surface area contributed by atoms with Gasteiger partial charge in [-0.2, -0.15) is 5.10 Å². The van der Waals surface area contributed by atoms with Gasteiger partial charge < -0.3 is 5.32 Å². The van der Waals surface area contributed by atoms with Gasteiger partial charge in [0.25, 0.3) is 11.5 Å². The predicted molar refractivity (Wildman–Crippen MR) is 88.8 cm³/mol. The van der Waals surface area contributed by atoms with Crippen molar-refractivity contribution in [1.82, 2.24) is 20.1 Å². The van der Waals surface area contributed by atoms with Gasteiger partial charge in [0.1, 0.15) is 5.03 Å². The normalized spacial score (nSPS) is 16.7. The molecule has 2 aromatic heterocycles. The Hall–Kier alpha value is -2.15. The largest absolute Gasteiger partial charge is 0.349 e. The number of nitrogens with one attached hydrogen (secondary N) is 1. The molecule has 1 aliphatic carbocycles. The Labute approximate surface area is 138 Å². The Kier molecular flexibility index (Phi) is 4.47. The lowest BCUT2D eigenvalue weighted by Gasteiger charge is -2.25. The summed E-state index contributed by atoms with van der Waals surface area (Å²) in [6, 6.07) is 5.18. The smallest absolute Gasteiger partial charge is 0.266 e. The van der Waals surface area contributed by atoms with E-state index in [1.165, 1.54) is 16.4 Å². The third-order valence-electron chi connectivity index (χ3n) is 4.00. The lowest BCUT2D eigenvalue weighted by molar-refractivity contribution is 0.0929. The summed E-state index contributed by atoms with van der Waals surface area (Å²) in [6.07, 6.45) is 5.80. The average molecular weight is 330 g/mol. The van der Waals surface area contributed by atoms with Gasteiger partial charge in [-0.25, -0.2) is 9.67 Å². The van der Waals surface area contributed by atoms with Crippen LogP contribution in [0.2, 0.25) is 0 Å². The molecular formula is C16H18N4O2S. The van der Waals surface area contributed by atoms with E-state index in [9.17, 15) is 9.59 Å². The van der Waals surface area contributed by atoms with E-state index in [1.54, 1.807) is 31.4 Å². The third-order valence-corrected chi connectivity index (χ3v) is 4.71. The van der Waals surface area contributed by atoms with E-state index in [-0.39, 0.29) is 17.5 Å². The minimum Gasteiger partial charge on any atom is -0.349 e. The van der Waals surface area contributed by atoms with Crippen LogP contribution in [0.15, 0.2) is 34.2 Å². The highest BCUT2D eigenvalue weighted by Crippen LogP contribution is 2.20. The van der Waals surface area contributed by atoms with Crippen LogP contribution < -0.4 is 10.9 Å². The van der Waals surface area contributed by atoms with Crippen molar-refractivity contribution in [3.05, 3.63) is 51.6 Å². The molecule has 3 rings (SSSR count). The van der Waals surface area contributed by atoms with E-state index in [1.807, 2.05) is 6.26 Å². The number of hydrogen-bond donors (Lipinski definition) is 1. The van der Waals surface area contributed by atoms with E-state index in [4.69, 9.17) is 0 Å². The van der Waals surface area contributed by atoms with E-state index in [0.29, 0.717) is 12.0 Å². The summed E-state index contributed by atoms with van der Waals surface area (Å²) in [4.78, 5) is 28.4. The SMILES string of the molecule is CSc1ncccc1C(=O)N[C@H]1CCc2nn(C)c(=O)cc2C1. The van der Waals surface area contributed by atoms with Crippen molar-refractivity contribution < 1.29 is 4.79 Å². The average Bonchev–Trinajstić information content (AvgIpc) is 2.56. The molecule has 0 spiro atoms. The van der Waals surface area contributed by atoms with Crippen molar-refractivity contribution >= 4 is 17.7 Å². The maximum atomic E-state index is 12.5. The van der Waals surface area contributed by atoms with Gasteiger partial charge in [-0.05, 0) is 43.2 Å². The molecule has 7 heteroatoms. The van der Waals surface area contributed by atoms with Crippen LogP contribution in [0, 0.1) is 0 Å². The molecule has 120 valence electrons. The molecule has 6 nitrogen and oxygen atoms in total. The summed E-state index contributed by atoms with van der Waals surface area (Å²) < 4.78 is 1.36. The summed E-state index contributed by atoms with van der Waals surface area (Å²) >= 11 is 1.45. The molecule has 0 saturated carbocycles. The maximum absolute atomic E-state index is 12.5. The molecule has 23 heavy (non-hydrogen) atoms. The van der Waals surface area contributed by atoms with Crippen LogP contribution in [0.4, 0.5) is 0 Å². The second-order valence-corrected chi connectivity index (χ2v) is 6.35. The van der Waals surface area contributed by atoms with Crippen LogP contribution in [0.1, 0.15) is 28.0 Å². The first-order valence-corrected chi connectivity index (χ1v) is 8.67. The van der Waals surface area contributed by atoms with Gasteiger partial charge in [-0.15, -0.1) is 11.8 Å². The molecule has 0 fully saturated rings. The van der Waals surface area contributed by atoms with Crippen molar-refractivity contribution in [1.29, 1.82) is 0 Å². The minimum atomic E-state index is -0.118. The maximum Gasteiger partial charge on any atom is 0.266 e. The second-order valence-electron chi connectivity index (χ2n) is 5.55. The topological polar surface area (TPSA) is 76.9 Å². The number of thioether (sulfide) groups is 1. The zero-order valence-corrected chi connectivity index (χ0v) is 13.9. The molecule has 0 radical (unpaired) electrons. The molecule has 2 heterocycles. The Balaban J connectivity index is 1.76. The standard InChI is InChI=1S/C16H18N4O2S/c1-20-14(21)9-10-8-11(5-6-13(10)19-20)18-15(22)12-4-3-7-17-16(12)23-2/h3-4,7,9,11H,5-6,8H2,1-2H3,(H,18,22)/t11-/m0/s1. The summed E-state index contributed by atoms with van der Waals surface area (Å²) in [5.74, 6) is -0.118. The Bertz CT molecular complexity index is 803. The number of aryl methyl sites for hydroxylation is 2. The van der Waals surface area contributed by atoms with Crippen LogP contribution in [-0.4, -0.2) is 33.0 Å². The molecule has 0 unspecified atom stereocenters. The highest BCUT2D eigenvalue weighted by atomic mass is 32.2. The zero-order valence-electron chi connectivity index (χ0n) is 13.1. The third kappa shape index (κ3) is 3.29. The molecule has 1 amide bonds. The van der Waals surface area contributed by atoms with Gasteiger partial charge in [0.2, 0.25) is 0 Å². The number of rotatable bonds is 3. The van der Waals surface area contributed by atoms with Crippen molar-refractivity contribution in [3.8, 4) is 0 Å². The lowest BCUT2D eigenvalue weighted by atomic mass is 9.92. The second kappa shape index (κ2) is 6.54. The van der Waals surface area contributed by atoms with Crippen LogP contribution in [-0.2, 0) is 19.9 Å².